The zero-order chi connectivity index (χ0) is 33.2. The van der Waals surface area contributed by atoms with Gasteiger partial charge in [0.2, 0.25) is 0 Å². The Morgan fingerprint density at radius 3 is 1.38 bits per heavy atom. The van der Waals surface area contributed by atoms with Crippen molar-refractivity contribution in [3.8, 4) is 29.3 Å². The van der Waals surface area contributed by atoms with E-state index in [4.69, 9.17) is 18.9 Å². The zero-order valence-corrected chi connectivity index (χ0v) is 35.3. The molecule has 1 aliphatic rings. The maximum absolute atomic E-state index is 5.96. The van der Waals surface area contributed by atoms with E-state index in [1.165, 1.54) is 61.7 Å². The molecule has 5 rings (SSSR count). The molecule has 0 saturated carbocycles. The van der Waals surface area contributed by atoms with Crippen molar-refractivity contribution in [2.75, 3.05) is 87.4 Å². The Morgan fingerprint density at radius 1 is 0.542 bits per heavy atom. The molecule has 4 aromatic heterocycles. The molecule has 1 aliphatic heterocycles. The molecular weight excluding hydrogens is 793 g/mol. The topological polar surface area (TPSA) is 36.9 Å². The Kier molecular flexibility index (Phi) is 19.5. The first kappa shape index (κ1) is 39.9. The van der Waals surface area contributed by atoms with Crippen LogP contribution >= 0.6 is 118 Å². The number of hydrogen-bond donors (Lipinski definition) is 2. The molecule has 0 radical (unpaired) electrons. The van der Waals surface area contributed by atoms with E-state index in [2.05, 4.69) is 60.3 Å². The Balaban J connectivity index is 1.45. The van der Waals surface area contributed by atoms with Gasteiger partial charge >= 0.3 is 0 Å². The molecule has 0 aromatic carbocycles. The normalized spacial score (nSPS) is 16.0. The van der Waals surface area contributed by atoms with E-state index < -0.39 is 0 Å². The van der Waals surface area contributed by atoms with E-state index in [0.717, 1.165) is 47.4 Å². The van der Waals surface area contributed by atoms with Gasteiger partial charge in [0.15, 0.2) is 0 Å². The summed E-state index contributed by atoms with van der Waals surface area (Å²) >= 11 is 24.2. The highest BCUT2D eigenvalue weighted by Gasteiger charge is 2.23. The van der Waals surface area contributed by atoms with Gasteiger partial charge in [-0.05, 0) is 83.7 Å². The summed E-state index contributed by atoms with van der Waals surface area (Å²) in [5.41, 5.74) is 0. The zero-order valence-electron chi connectivity index (χ0n) is 27.0. The first-order valence-electron chi connectivity index (χ1n) is 16.3. The first-order chi connectivity index (χ1) is 23.8. The molecule has 0 unspecified atom stereocenters. The second kappa shape index (κ2) is 23.4. The molecule has 5 heterocycles. The van der Waals surface area contributed by atoms with Crippen LogP contribution in [0.1, 0.15) is 25.7 Å². The molecule has 0 spiro atoms. The molecular formula is C34H44O4S10. The SMILES string of the molecule is SCCCCSc1ccsc1-c1cc2c(s1)-c1sc(-c3sccc3SCCCCS)cc1SCCOCCOCCOCCOCCS2. The smallest absolute Gasteiger partial charge is 0.0701 e. The van der Waals surface area contributed by atoms with Crippen LogP contribution in [0.25, 0.3) is 29.3 Å². The quantitative estimate of drug-likeness (QED) is 0.0830. The predicted molar refractivity (Wildman–Crippen MR) is 227 cm³/mol. The Morgan fingerprint density at radius 2 is 0.958 bits per heavy atom. The number of rotatable bonds is 12. The van der Waals surface area contributed by atoms with E-state index in [-0.39, 0.29) is 0 Å². The maximum Gasteiger partial charge on any atom is 0.0701 e. The van der Waals surface area contributed by atoms with Crippen molar-refractivity contribution in [2.45, 2.75) is 45.3 Å². The average molecular weight is 837 g/mol. The lowest BCUT2D eigenvalue weighted by Crippen LogP contribution is -2.12. The summed E-state index contributed by atoms with van der Waals surface area (Å²) in [5.74, 6) is 5.96. The standard InChI is InChI=1S/C34H44O4S10/c39-15-1-3-17-41-25-5-19-45-31(25)29-23-27-33(47-29)34-28(24-30(48-34)32-26(6-20-46-32)42-18-4-2-16-40)44-22-14-38-12-10-36-8-7-35-9-11-37-13-21-43-27/h5-6,19-20,23-24,39-40H,1-4,7-18,21-22H2. The minimum Gasteiger partial charge on any atom is -0.378 e. The van der Waals surface area contributed by atoms with Gasteiger partial charge in [-0.2, -0.15) is 25.3 Å². The van der Waals surface area contributed by atoms with Crippen LogP contribution in [-0.2, 0) is 18.9 Å². The Hall–Kier alpha value is 0.740. The monoisotopic (exact) mass is 836 g/mol. The van der Waals surface area contributed by atoms with Crippen molar-refractivity contribution in [3.63, 3.8) is 0 Å². The number of fused-ring (bicyclic) bond motifs is 3. The van der Waals surface area contributed by atoms with Crippen LogP contribution in [-0.4, -0.2) is 87.4 Å². The molecule has 14 heteroatoms. The van der Waals surface area contributed by atoms with E-state index in [0.29, 0.717) is 52.9 Å². The summed E-state index contributed by atoms with van der Waals surface area (Å²) in [6.07, 6.45) is 4.71. The fourth-order valence-electron chi connectivity index (χ4n) is 4.66. The van der Waals surface area contributed by atoms with Crippen molar-refractivity contribution in [3.05, 3.63) is 35.0 Å². The average Bonchev–Trinajstić information content (AvgIpc) is 3.91. The highest BCUT2D eigenvalue weighted by Crippen LogP contribution is 2.53. The molecule has 4 aromatic rings. The molecule has 0 atom stereocenters. The number of thioether (sulfide) groups is 4. The molecule has 0 saturated heterocycles. The van der Waals surface area contributed by atoms with Gasteiger partial charge in [0, 0.05) is 40.8 Å². The van der Waals surface area contributed by atoms with Gasteiger partial charge in [0.1, 0.15) is 0 Å². The highest BCUT2D eigenvalue weighted by atomic mass is 32.2. The summed E-state index contributed by atoms with van der Waals surface area (Å²) < 4.78 is 23.3. The lowest BCUT2D eigenvalue weighted by Gasteiger charge is -2.09. The Bertz CT molecular complexity index is 1350. The van der Waals surface area contributed by atoms with Gasteiger partial charge in [0.05, 0.1) is 72.4 Å². The molecule has 0 N–H and O–H groups in total. The fourth-order valence-corrected chi connectivity index (χ4v) is 14.7. The van der Waals surface area contributed by atoms with Crippen molar-refractivity contribution in [2.24, 2.45) is 0 Å². The molecule has 4 nitrogen and oxygen atoms in total. The van der Waals surface area contributed by atoms with Gasteiger partial charge in [-0.1, -0.05) is 0 Å². The van der Waals surface area contributed by atoms with Gasteiger partial charge in [-0.25, -0.2) is 0 Å². The van der Waals surface area contributed by atoms with Crippen molar-refractivity contribution >= 4 is 118 Å². The molecule has 0 bridgehead atoms. The number of unbranched alkanes of at least 4 members (excludes halogenated alkanes) is 2. The van der Waals surface area contributed by atoms with E-state index >= 15 is 0 Å². The van der Waals surface area contributed by atoms with Crippen molar-refractivity contribution in [1.82, 2.24) is 0 Å². The third-order valence-electron chi connectivity index (χ3n) is 7.01. The fraction of sp³-hybridized carbons (Fsp3) is 0.529. The summed E-state index contributed by atoms with van der Waals surface area (Å²) in [6.45, 7) is 4.91. The molecule has 0 aliphatic carbocycles. The number of hydrogen-bond acceptors (Lipinski definition) is 14. The molecule has 48 heavy (non-hydrogen) atoms. The summed E-state index contributed by atoms with van der Waals surface area (Å²) in [4.78, 5) is 13.7. The summed E-state index contributed by atoms with van der Waals surface area (Å²) in [6, 6.07) is 9.47. The third-order valence-corrected chi connectivity index (χ3v) is 17.1. The second-order valence-corrected chi connectivity index (χ2v) is 19.9. The van der Waals surface area contributed by atoms with Crippen LogP contribution in [0, 0.1) is 0 Å². The summed E-state index contributed by atoms with van der Waals surface area (Å²) in [7, 11) is 0. The van der Waals surface area contributed by atoms with Gasteiger partial charge in [-0.3, -0.25) is 0 Å². The first-order valence-corrected chi connectivity index (χ1v) is 24.9. The van der Waals surface area contributed by atoms with Crippen LogP contribution in [0.3, 0.4) is 0 Å². The second-order valence-electron chi connectivity index (χ2n) is 10.5. The minimum absolute atomic E-state index is 0.580. The number of thiol groups is 2. The number of ether oxygens (including phenoxy) is 4. The van der Waals surface area contributed by atoms with Crippen molar-refractivity contribution < 1.29 is 18.9 Å². The maximum atomic E-state index is 5.96. The largest absolute Gasteiger partial charge is 0.378 e. The van der Waals surface area contributed by atoms with Crippen LogP contribution < -0.4 is 0 Å². The number of thiophene rings is 4. The lowest BCUT2D eigenvalue weighted by atomic mass is 10.3. The van der Waals surface area contributed by atoms with E-state index in [1.54, 1.807) is 0 Å². The van der Waals surface area contributed by atoms with E-state index in [9.17, 15) is 0 Å². The van der Waals surface area contributed by atoms with Gasteiger partial charge in [-0.15, -0.1) is 92.4 Å². The van der Waals surface area contributed by atoms with Gasteiger partial charge in [0.25, 0.3) is 0 Å². The van der Waals surface area contributed by atoms with Crippen molar-refractivity contribution in [1.29, 1.82) is 0 Å². The summed E-state index contributed by atoms with van der Waals surface area (Å²) in [5, 5.41) is 4.49. The van der Waals surface area contributed by atoms with Gasteiger partial charge < -0.3 is 18.9 Å². The Labute approximate surface area is 330 Å². The van der Waals surface area contributed by atoms with E-state index in [1.807, 2.05) is 92.4 Å². The molecule has 264 valence electrons. The van der Waals surface area contributed by atoms with Crippen LogP contribution in [0.4, 0.5) is 0 Å². The van der Waals surface area contributed by atoms with Crippen LogP contribution in [0.15, 0.2) is 54.6 Å². The predicted octanol–water partition coefficient (Wildman–Crippen LogP) is 11.8. The third kappa shape index (κ3) is 12.7. The highest BCUT2D eigenvalue weighted by molar-refractivity contribution is 8.00. The van der Waals surface area contributed by atoms with Crippen LogP contribution in [0.5, 0.6) is 0 Å². The van der Waals surface area contributed by atoms with Crippen LogP contribution in [0.2, 0.25) is 0 Å². The lowest BCUT2D eigenvalue weighted by molar-refractivity contribution is 0.00146. The molecule has 0 amide bonds. The molecule has 0 fully saturated rings. The minimum atomic E-state index is 0.580.